The van der Waals surface area contributed by atoms with Gasteiger partial charge in [0.05, 0.1) is 13.1 Å². The summed E-state index contributed by atoms with van der Waals surface area (Å²) in [6.07, 6.45) is 1.41. The fourth-order valence-electron chi connectivity index (χ4n) is 3.79. The van der Waals surface area contributed by atoms with E-state index in [0.29, 0.717) is 47.8 Å². The van der Waals surface area contributed by atoms with E-state index in [0.717, 1.165) is 18.0 Å². The van der Waals surface area contributed by atoms with Crippen LogP contribution in [0.2, 0.25) is 0 Å². The van der Waals surface area contributed by atoms with Gasteiger partial charge in [0.15, 0.2) is 18.0 Å². The van der Waals surface area contributed by atoms with Gasteiger partial charge in [-0.25, -0.2) is 4.39 Å². The number of nitrogens with one attached hydrogen (secondary N) is 3. The number of carbonyl (C=O) groups excluding carboxylic acids is 2. The van der Waals surface area contributed by atoms with E-state index in [9.17, 15) is 14.0 Å². The number of aryl methyl sites for hydroxylation is 1. The Morgan fingerprint density at radius 1 is 1.03 bits per heavy atom. The predicted octanol–water partition coefficient (Wildman–Crippen LogP) is 1.73. The third-order valence-corrected chi connectivity index (χ3v) is 5.57. The van der Waals surface area contributed by atoms with E-state index in [1.165, 1.54) is 6.07 Å². The molecule has 158 valence electrons. The first kappa shape index (κ1) is 20.2. The molecule has 2 amide bonds. The van der Waals surface area contributed by atoms with E-state index in [1.54, 1.807) is 37.3 Å². The lowest BCUT2D eigenvalue weighted by Crippen LogP contribution is -3.14. The molecule has 0 bridgehead atoms. The first-order chi connectivity index (χ1) is 14.5. The molecular weight excluding hydrogens is 389 g/mol. The Kier molecular flexibility index (Phi) is 5.85. The van der Waals surface area contributed by atoms with Gasteiger partial charge in [-0.1, -0.05) is 6.07 Å². The Bertz CT molecular complexity index is 957. The van der Waals surface area contributed by atoms with Crippen molar-refractivity contribution in [3.05, 3.63) is 47.8 Å². The van der Waals surface area contributed by atoms with Gasteiger partial charge in [-0.15, -0.1) is 0 Å². The summed E-state index contributed by atoms with van der Waals surface area (Å²) in [6.45, 7) is 3.63. The lowest BCUT2D eigenvalue weighted by molar-refractivity contribution is -0.897. The topological polar surface area (TPSA) is 81.1 Å². The highest BCUT2D eigenvalue weighted by Gasteiger charge is 2.29. The van der Waals surface area contributed by atoms with Crippen LogP contribution in [0.4, 0.5) is 15.8 Å². The largest absolute Gasteiger partial charge is 0.454 e. The highest BCUT2D eigenvalue weighted by atomic mass is 19.1. The molecule has 0 unspecified atom stereocenters. The highest BCUT2D eigenvalue weighted by molar-refractivity contribution is 5.93. The minimum atomic E-state index is -0.338. The number of carbonyl (C=O) groups is 2. The van der Waals surface area contributed by atoms with Crippen molar-refractivity contribution in [1.82, 2.24) is 0 Å². The van der Waals surface area contributed by atoms with Crippen LogP contribution in [0.5, 0.6) is 11.5 Å². The van der Waals surface area contributed by atoms with Gasteiger partial charge in [0.2, 0.25) is 12.7 Å². The number of hydrogen-bond acceptors (Lipinski definition) is 4. The van der Waals surface area contributed by atoms with Crippen LogP contribution in [0.15, 0.2) is 36.4 Å². The lowest BCUT2D eigenvalue weighted by atomic mass is 9.95. The maximum atomic E-state index is 13.6. The molecule has 1 saturated heterocycles. The fraction of sp³-hybridized carbons (Fsp3) is 0.364. The summed E-state index contributed by atoms with van der Waals surface area (Å²) >= 11 is 0. The molecule has 7 nitrogen and oxygen atoms in total. The van der Waals surface area contributed by atoms with Crippen LogP contribution < -0.4 is 25.0 Å². The molecule has 2 aliphatic rings. The number of rotatable bonds is 5. The zero-order valence-electron chi connectivity index (χ0n) is 16.8. The van der Waals surface area contributed by atoms with E-state index in [-0.39, 0.29) is 30.3 Å². The normalized spacial score (nSPS) is 19.9. The maximum absolute atomic E-state index is 13.6. The molecule has 0 atom stereocenters. The molecule has 1 fully saturated rings. The zero-order chi connectivity index (χ0) is 21.1. The Morgan fingerprint density at radius 3 is 2.50 bits per heavy atom. The molecule has 0 radical (unpaired) electrons. The number of amides is 2. The second kappa shape index (κ2) is 8.71. The molecule has 2 aliphatic heterocycles. The number of fused-ring (bicyclic) bond motifs is 1. The summed E-state index contributed by atoms with van der Waals surface area (Å²) in [5.74, 6) is 0.704. The average molecular weight is 414 g/mol. The summed E-state index contributed by atoms with van der Waals surface area (Å²) in [4.78, 5) is 26.0. The second-order valence-electron chi connectivity index (χ2n) is 7.77. The number of halogens is 1. The molecule has 0 aliphatic carbocycles. The van der Waals surface area contributed by atoms with Crippen molar-refractivity contribution >= 4 is 23.2 Å². The number of hydrogen-bond donors (Lipinski definition) is 3. The van der Waals surface area contributed by atoms with Crippen LogP contribution in [-0.2, 0) is 9.59 Å². The second-order valence-corrected chi connectivity index (χ2v) is 7.77. The van der Waals surface area contributed by atoms with Crippen LogP contribution in [0.1, 0.15) is 18.4 Å². The first-order valence-electron chi connectivity index (χ1n) is 10.1. The molecule has 0 spiro atoms. The SMILES string of the molecule is Cc1ccc(NC(=O)C[NH+]2CCC(C(=O)Nc3ccc4c(c3)OCO4)CC2)cc1F. The van der Waals surface area contributed by atoms with Crippen LogP contribution in [0.3, 0.4) is 0 Å². The number of anilines is 2. The molecule has 2 heterocycles. The Labute approximate surface area is 174 Å². The number of quaternary nitrogens is 1. The molecule has 30 heavy (non-hydrogen) atoms. The van der Waals surface area contributed by atoms with Crippen LogP contribution in [0, 0.1) is 18.7 Å². The predicted molar refractivity (Wildman–Crippen MR) is 109 cm³/mol. The van der Waals surface area contributed by atoms with Crippen molar-refractivity contribution in [1.29, 1.82) is 0 Å². The highest BCUT2D eigenvalue weighted by Crippen LogP contribution is 2.34. The smallest absolute Gasteiger partial charge is 0.279 e. The van der Waals surface area contributed by atoms with E-state index < -0.39 is 0 Å². The van der Waals surface area contributed by atoms with Gasteiger partial charge in [-0.05, 0) is 36.8 Å². The van der Waals surface area contributed by atoms with E-state index in [4.69, 9.17) is 9.47 Å². The van der Waals surface area contributed by atoms with Crippen molar-refractivity contribution in [2.45, 2.75) is 19.8 Å². The first-order valence-corrected chi connectivity index (χ1v) is 10.1. The van der Waals surface area contributed by atoms with Crippen molar-refractivity contribution in [2.75, 3.05) is 37.1 Å². The van der Waals surface area contributed by atoms with Gasteiger partial charge < -0.3 is 25.0 Å². The molecule has 0 aromatic heterocycles. The molecule has 2 aromatic rings. The van der Waals surface area contributed by atoms with Gasteiger partial charge in [0, 0.05) is 36.2 Å². The van der Waals surface area contributed by atoms with Crippen molar-refractivity contribution in [3.8, 4) is 11.5 Å². The summed E-state index contributed by atoms with van der Waals surface area (Å²) in [5.41, 5.74) is 1.68. The van der Waals surface area contributed by atoms with Gasteiger partial charge >= 0.3 is 0 Å². The minimum absolute atomic E-state index is 0.0208. The molecule has 2 aromatic carbocycles. The Morgan fingerprint density at radius 2 is 1.73 bits per heavy atom. The molecule has 0 saturated carbocycles. The van der Waals surface area contributed by atoms with Gasteiger partial charge in [-0.3, -0.25) is 9.59 Å². The Hall–Kier alpha value is -3.13. The molecule has 8 heteroatoms. The summed E-state index contributed by atoms with van der Waals surface area (Å²) < 4.78 is 24.2. The van der Waals surface area contributed by atoms with Gasteiger partial charge in [0.1, 0.15) is 5.82 Å². The van der Waals surface area contributed by atoms with Crippen molar-refractivity contribution in [3.63, 3.8) is 0 Å². The summed E-state index contributed by atoms with van der Waals surface area (Å²) in [6, 6.07) is 10.0. The van der Waals surface area contributed by atoms with Crippen molar-refractivity contribution < 1.29 is 28.4 Å². The van der Waals surface area contributed by atoms with Crippen LogP contribution >= 0.6 is 0 Å². The van der Waals surface area contributed by atoms with E-state index in [1.807, 2.05) is 0 Å². The number of piperidine rings is 1. The zero-order valence-corrected chi connectivity index (χ0v) is 16.8. The fourth-order valence-corrected chi connectivity index (χ4v) is 3.79. The summed E-state index contributed by atoms with van der Waals surface area (Å²) in [7, 11) is 0. The molecular formula is C22H25FN3O4+. The maximum Gasteiger partial charge on any atom is 0.279 e. The molecule has 3 N–H and O–H groups in total. The molecule has 4 rings (SSSR count). The van der Waals surface area contributed by atoms with Gasteiger partial charge in [0.25, 0.3) is 5.91 Å². The third kappa shape index (κ3) is 4.71. The summed E-state index contributed by atoms with van der Waals surface area (Å²) in [5, 5.41) is 5.68. The van der Waals surface area contributed by atoms with Gasteiger partial charge in [-0.2, -0.15) is 0 Å². The number of ether oxygens (including phenoxy) is 2. The number of benzene rings is 2. The van der Waals surface area contributed by atoms with Crippen LogP contribution in [0.25, 0.3) is 0 Å². The quantitative estimate of drug-likeness (QED) is 0.696. The standard InChI is InChI=1S/C22H24FN3O4/c1-14-2-3-16(10-18(14)23)24-21(27)12-26-8-6-15(7-9-26)22(28)25-17-4-5-19-20(11-17)30-13-29-19/h2-5,10-11,15H,6-9,12-13H2,1H3,(H,24,27)(H,25,28)/p+1. The van der Waals surface area contributed by atoms with Crippen LogP contribution in [-0.4, -0.2) is 38.2 Å². The van der Waals surface area contributed by atoms with E-state index >= 15 is 0 Å². The Balaban J connectivity index is 1.23. The monoisotopic (exact) mass is 414 g/mol. The van der Waals surface area contributed by atoms with Crippen molar-refractivity contribution in [2.24, 2.45) is 5.92 Å². The van der Waals surface area contributed by atoms with E-state index in [2.05, 4.69) is 10.6 Å². The average Bonchev–Trinajstić information content (AvgIpc) is 3.19. The lowest BCUT2D eigenvalue weighted by Gasteiger charge is -2.28. The minimum Gasteiger partial charge on any atom is -0.454 e. The number of likely N-dealkylation sites (tertiary alicyclic amines) is 1. The third-order valence-electron chi connectivity index (χ3n) is 5.57.